The first-order valence-corrected chi connectivity index (χ1v) is 6.41. The number of ether oxygens (including phenoxy) is 1. The van der Waals surface area contributed by atoms with Crippen LogP contribution in [0.5, 0.6) is 5.75 Å². The highest BCUT2D eigenvalue weighted by molar-refractivity contribution is 5.92. The summed E-state index contributed by atoms with van der Waals surface area (Å²) in [6.45, 7) is 0.00113. The number of nitriles is 1. The Kier molecular flexibility index (Phi) is 4.78. The van der Waals surface area contributed by atoms with Gasteiger partial charge in [-0.1, -0.05) is 12.1 Å². The van der Waals surface area contributed by atoms with Crippen LogP contribution in [0, 0.1) is 11.3 Å². The Bertz CT molecular complexity index is 660. The number of hydrogen-bond acceptors (Lipinski definition) is 4. The fourth-order valence-electron chi connectivity index (χ4n) is 1.84. The van der Waals surface area contributed by atoms with Crippen molar-refractivity contribution < 1.29 is 9.53 Å². The molecule has 3 N–H and O–H groups in total. The van der Waals surface area contributed by atoms with Crippen molar-refractivity contribution in [2.75, 3.05) is 17.7 Å². The molecule has 21 heavy (non-hydrogen) atoms. The predicted molar refractivity (Wildman–Crippen MR) is 80.7 cm³/mol. The van der Waals surface area contributed by atoms with E-state index in [1.807, 2.05) is 18.2 Å². The first-order chi connectivity index (χ1) is 10.2. The molecule has 0 aliphatic rings. The van der Waals surface area contributed by atoms with Crippen molar-refractivity contribution in [3.8, 4) is 11.8 Å². The summed E-state index contributed by atoms with van der Waals surface area (Å²) in [5.74, 6) is 0.469. The van der Waals surface area contributed by atoms with E-state index >= 15 is 0 Å². The largest absolute Gasteiger partial charge is 0.479 e. The molecule has 0 aromatic heterocycles. The quantitative estimate of drug-likeness (QED) is 0.823. The van der Waals surface area contributed by atoms with Crippen LogP contribution in [0.25, 0.3) is 0 Å². The minimum atomic E-state index is -0.119. The molecule has 0 aliphatic carbocycles. The van der Waals surface area contributed by atoms with Crippen LogP contribution in [-0.4, -0.2) is 12.5 Å². The molecule has 2 aromatic carbocycles. The molecule has 1 amide bonds. The molecule has 0 heterocycles. The van der Waals surface area contributed by atoms with Gasteiger partial charge >= 0.3 is 0 Å². The van der Waals surface area contributed by atoms with Gasteiger partial charge in [0.15, 0.2) is 6.61 Å². The number of carbonyl (C=O) groups is 1. The van der Waals surface area contributed by atoms with Crippen LogP contribution in [0.4, 0.5) is 11.4 Å². The van der Waals surface area contributed by atoms with E-state index in [0.29, 0.717) is 17.1 Å². The molecule has 0 atom stereocenters. The lowest BCUT2D eigenvalue weighted by atomic mass is 10.1. The molecule has 106 valence electrons. The molecule has 5 nitrogen and oxygen atoms in total. The van der Waals surface area contributed by atoms with E-state index in [4.69, 9.17) is 15.7 Å². The molecule has 0 unspecified atom stereocenters. The highest BCUT2D eigenvalue weighted by atomic mass is 16.5. The van der Waals surface area contributed by atoms with Gasteiger partial charge in [-0.05, 0) is 42.0 Å². The Labute approximate surface area is 123 Å². The van der Waals surface area contributed by atoms with Crippen LogP contribution in [0.2, 0.25) is 0 Å². The molecule has 0 bridgehead atoms. The van der Waals surface area contributed by atoms with Gasteiger partial charge in [-0.15, -0.1) is 0 Å². The number of rotatable bonds is 5. The third kappa shape index (κ3) is 4.55. The standard InChI is InChI=1S/C16H15N3O2/c17-8-9-21-15-6-4-14(5-7-15)19-16(20)11-12-2-1-3-13(18)10-12/h1-7,10H,9,11,18H2,(H,19,20). The summed E-state index contributed by atoms with van der Waals surface area (Å²) in [5.41, 5.74) is 7.85. The predicted octanol–water partition coefficient (Wildman–Crippen LogP) is 2.35. The minimum Gasteiger partial charge on any atom is -0.479 e. The number of carbonyl (C=O) groups excluding carboxylic acids is 1. The average Bonchev–Trinajstić information content (AvgIpc) is 2.46. The lowest BCUT2D eigenvalue weighted by Crippen LogP contribution is -2.14. The summed E-state index contributed by atoms with van der Waals surface area (Å²) in [4.78, 5) is 11.9. The van der Waals surface area contributed by atoms with Crippen LogP contribution in [0.3, 0.4) is 0 Å². The fourth-order valence-corrected chi connectivity index (χ4v) is 1.84. The van der Waals surface area contributed by atoms with Crippen molar-refractivity contribution in [1.29, 1.82) is 5.26 Å². The maximum absolute atomic E-state index is 11.9. The van der Waals surface area contributed by atoms with Gasteiger partial charge in [-0.3, -0.25) is 4.79 Å². The second-order valence-electron chi connectivity index (χ2n) is 4.44. The number of nitrogen functional groups attached to an aromatic ring is 1. The molecule has 0 fully saturated rings. The van der Waals surface area contributed by atoms with Gasteiger partial charge in [0.25, 0.3) is 0 Å². The summed E-state index contributed by atoms with van der Waals surface area (Å²) in [6, 6.07) is 16.0. The number of amides is 1. The zero-order valence-electron chi connectivity index (χ0n) is 11.4. The molecular formula is C16H15N3O2. The Morgan fingerprint density at radius 2 is 2.00 bits per heavy atom. The van der Waals surface area contributed by atoms with Crippen molar-refractivity contribution in [3.63, 3.8) is 0 Å². The summed E-state index contributed by atoms with van der Waals surface area (Å²) in [5, 5.41) is 11.2. The summed E-state index contributed by atoms with van der Waals surface area (Å²) in [7, 11) is 0. The van der Waals surface area contributed by atoms with Gasteiger partial charge in [0.2, 0.25) is 5.91 Å². The molecule has 0 spiro atoms. The van der Waals surface area contributed by atoms with Gasteiger partial charge in [0, 0.05) is 11.4 Å². The van der Waals surface area contributed by atoms with E-state index in [9.17, 15) is 4.79 Å². The van der Waals surface area contributed by atoms with E-state index < -0.39 is 0 Å². The smallest absolute Gasteiger partial charge is 0.228 e. The summed E-state index contributed by atoms with van der Waals surface area (Å²) >= 11 is 0. The van der Waals surface area contributed by atoms with Gasteiger partial charge in [0.05, 0.1) is 6.42 Å². The van der Waals surface area contributed by atoms with Crippen molar-refractivity contribution >= 4 is 17.3 Å². The van der Waals surface area contributed by atoms with Crippen LogP contribution < -0.4 is 15.8 Å². The zero-order valence-corrected chi connectivity index (χ0v) is 11.4. The van der Waals surface area contributed by atoms with E-state index in [1.54, 1.807) is 36.4 Å². The molecule has 2 rings (SSSR count). The van der Waals surface area contributed by atoms with Crippen LogP contribution in [0.1, 0.15) is 5.56 Å². The van der Waals surface area contributed by atoms with E-state index in [0.717, 1.165) is 5.56 Å². The van der Waals surface area contributed by atoms with Crippen LogP contribution in [0.15, 0.2) is 48.5 Å². The fraction of sp³-hybridized carbons (Fsp3) is 0.125. The maximum Gasteiger partial charge on any atom is 0.228 e. The summed E-state index contributed by atoms with van der Waals surface area (Å²) < 4.78 is 5.14. The van der Waals surface area contributed by atoms with Gasteiger partial charge < -0.3 is 15.8 Å². The van der Waals surface area contributed by atoms with Crippen molar-refractivity contribution in [1.82, 2.24) is 0 Å². The second-order valence-corrected chi connectivity index (χ2v) is 4.44. The zero-order chi connectivity index (χ0) is 15.1. The first kappa shape index (κ1) is 14.4. The SMILES string of the molecule is N#CCOc1ccc(NC(=O)Cc2cccc(N)c2)cc1. The molecule has 0 saturated carbocycles. The number of anilines is 2. The lowest BCUT2D eigenvalue weighted by molar-refractivity contribution is -0.115. The van der Waals surface area contributed by atoms with Crippen molar-refractivity contribution in [2.45, 2.75) is 6.42 Å². The summed E-state index contributed by atoms with van der Waals surface area (Å²) in [6.07, 6.45) is 0.262. The molecule has 5 heteroatoms. The third-order valence-corrected chi connectivity index (χ3v) is 2.76. The van der Waals surface area contributed by atoms with Crippen LogP contribution >= 0.6 is 0 Å². The third-order valence-electron chi connectivity index (χ3n) is 2.76. The minimum absolute atomic E-state index is 0.00113. The average molecular weight is 281 g/mol. The number of nitrogens with zero attached hydrogens (tertiary/aromatic N) is 1. The van der Waals surface area contributed by atoms with Gasteiger partial charge in [-0.25, -0.2) is 0 Å². The normalized spacial score (nSPS) is 9.67. The molecular weight excluding hydrogens is 266 g/mol. The highest BCUT2D eigenvalue weighted by Crippen LogP contribution is 2.16. The van der Waals surface area contributed by atoms with Crippen molar-refractivity contribution in [2.24, 2.45) is 0 Å². The Morgan fingerprint density at radius 1 is 1.24 bits per heavy atom. The Morgan fingerprint density at radius 3 is 2.67 bits per heavy atom. The maximum atomic E-state index is 11.9. The molecule has 0 aliphatic heterocycles. The molecule has 2 aromatic rings. The molecule has 0 radical (unpaired) electrons. The van der Waals surface area contributed by atoms with Gasteiger partial charge in [-0.2, -0.15) is 5.26 Å². The number of nitrogens with two attached hydrogens (primary N) is 1. The number of hydrogen-bond donors (Lipinski definition) is 2. The van der Waals surface area contributed by atoms with Crippen LogP contribution in [-0.2, 0) is 11.2 Å². The van der Waals surface area contributed by atoms with E-state index in [-0.39, 0.29) is 18.9 Å². The lowest BCUT2D eigenvalue weighted by Gasteiger charge is -2.07. The number of benzene rings is 2. The number of nitrogens with one attached hydrogen (secondary N) is 1. The van der Waals surface area contributed by atoms with Crippen molar-refractivity contribution in [3.05, 3.63) is 54.1 Å². The van der Waals surface area contributed by atoms with E-state index in [2.05, 4.69) is 5.32 Å². The Hall–Kier alpha value is -3.00. The first-order valence-electron chi connectivity index (χ1n) is 6.41. The Balaban J connectivity index is 1.92. The topological polar surface area (TPSA) is 88.1 Å². The second kappa shape index (κ2) is 6.96. The van der Waals surface area contributed by atoms with Gasteiger partial charge in [0.1, 0.15) is 11.8 Å². The highest BCUT2D eigenvalue weighted by Gasteiger charge is 2.04. The van der Waals surface area contributed by atoms with E-state index in [1.165, 1.54) is 0 Å². The monoisotopic (exact) mass is 281 g/mol. The molecule has 0 saturated heterocycles.